The van der Waals surface area contributed by atoms with E-state index in [1.54, 1.807) is 0 Å². The fourth-order valence-corrected chi connectivity index (χ4v) is 4.98. The van der Waals surface area contributed by atoms with Crippen molar-refractivity contribution < 1.29 is 13.9 Å². The fraction of sp³-hybridized carbons (Fsp3) is 0.625. The average Bonchev–Trinajstić information content (AvgIpc) is 2.70. The topological polar surface area (TPSA) is 26.3 Å². The lowest BCUT2D eigenvalue weighted by Gasteiger charge is -2.37. The Morgan fingerprint density at radius 1 is 1.00 bits per heavy atom. The van der Waals surface area contributed by atoms with E-state index in [0.29, 0.717) is 5.56 Å². The number of allylic oxidation sites excluding steroid dienone is 1. The second-order valence-corrected chi connectivity index (χ2v) is 8.45. The van der Waals surface area contributed by atoms with E-state index >= 15 is 0 Å². The van der Waals surface area contributed by atoms with E-state index in [4.69, 9.17) is 4.74 Å². The van der Waals surface area contributed by atoms with E-state index in [2.05, 4.69) is 6.58 Å². The van der Waals surface area contributed by atoms with Crippen LogP contribution in [0, 0.1) is 23.6 Å². The SMILES string of the molecule is C=CCCC[C@H]1CC[C@H](C2CCC(OC(=O)c3ccc(F)cc3)CC2)CC1. The van der Waals surface area contributed by atoms with Crippen molar-refractivity contribution in [3.05, 3.63) is 48.3 Å². The second kappa shape index (κ2) is 10.1. The van der Waals surface area contributed by atoms with E-state index < -0.39 is 0 Å². The molecule has 3 rings (SSSR count). The lowest BCUT2D eigenvalue weighted by atomic mass is 9.70. The summed E-state index contributed by atoms with van der Waals surface area (Å²) < 4.78 is 18.6. The first-order valence-corrected chi connectivity index (χ1v) is 10.7. The highest BCUT2D eigenvalue weighted by Gasteiger charge is 2.31. The van der Waals surface area contributed by atoms with Gasteiger partial charge in [0.15, 0.2) is 0 Å². The minimum atomic E-state index is -0.331. The van der Waals surface area contributed by atoms with E-state index in [0.717, 1.165) is 37.0 Å². The van der Waals surface area contributed by atoms with Gasteiger partial charge in [-0.2, -0.15) is 0 Å². The van der Waals surface area contributed by atoms with Crippen LogP contribution in [0.25, 0.3) is 0 Å². The van der Waals surface area contributed by atoms with Crippen molar-refractivity contribution in [1.82, 2.24) is 0 Å². The van der Waals surface area contributed by atoms with Crippen molar-refractivity contribution in [2.24, 2.45) is 17.8 Å². The van der Waals surface area contributed by atoms with Gasteiger partial charge < -0.3 is 4.74 Å². The minimum absolute atomic E-state index is 0.0223. The summed E-state index contributed by atoms with van der Waals surface area (Å²) in [5.74, 6) is 1.95. The van der Waals surface area contributed by atoms with Crippen LogP contribution in [-0.4, -0.2) is 12.1 Å². The number of unbranched alkanes of at least 4 members (excludes halogenated alkanes) is 1. The summed E-state index contributed by atoms with van der Waals surface area (Å²) in [6, 6.07) is 5.61. The predicted octanol–water partition coefficient (Wildman–Crippen LogP) is 6.70. The van der Waals surface area contributed by atoms with E-state index in [9.17, 15) is 9.18 Å². The number of hydrogen-bond acceptors (Lipinski definition) is 2. The van der Waals surface area contributed by atoms with Gasteiger partial charge in [-0.05, 0) is 93.4 Å². The molecular formula is C24H33FO2. The van der Waals surface area contributed by atoms with Crippen LogP contribution in [0.15, 0.2) is 36.9 Å². The molecule has 2 aliphatic rings. The first-order valence-electron chi connectivity index (χ1n) is 10.7. The highest BCUT2D eigenvalue weighted by Crippen LogP contribution is 2.41. The molecule has 2 fully saturated rings. The number of rotatable bonds is 7. The van der Waals surface area contributed by atoms with E-state index in [1.807, 2.05) is 6.08 Å². The Morgan fingerprint density at radius 2 is 1.59 bits per heavy atom. The summed E-state index contributed by atoms with van der Waals surface area (Å²) in [6.45, 7) is 3.81. The number of esters is 1. The smallest absolute Gasteiger partial charge is 0.338 e. The van der Waals surface area contributed by atoms with Crippen molar-refractivity contribution in [1.29, 1.82) is 0 Å². The fourth-order valence-electron chi connectivity index (χ4n) is 4.98. The molecule has 0 aromatic heterocycles. The van der Waals surface area contributed by atoms with Gasteiger partial charge in [0, 0.05) is 0 Å². The molecule has 0 N–H and O–H groups in total. The predicted molar refractivity (Wildman–Crippen MR) is 107 cm³/mol. The molecule has 1 aromatic rings. The molecule has 0 radical (unpaired) electrons. The third kappa shape index (κ3) is 5.92. The maximum Gasteiger partial charge on any atom is 0.338 e. The van der Waals surface area contributed by atoms with Crippen LogP contribution >= 0.6 is 0 Å². The van der Waals surface area contributed by atoms with Crippen LogP contribution in [0.2, 0.25) is 0 Å². The molecule has 0 unspecified atom stereocenters. The summed E-state index contributed by atoms with van der Waals surface area (Å²) in [4.78, 5) is 12.2. The molecule has 2 nitrogen and oxygen atoms in total. The summed E-state index contributed by atoms with van der Waals surface area (Å²) in [5, 5.41) is 0. The molecular weight excluding hydrogens is 339 g/mol. The van der Waals surface area contributed by atoms with Gasteiger partial charge in [-0.15, -0.1) is 6.58 Å². The average molecular weight is 373 g/mol. The number of carbonyl (C=O) groups is 1. The summed E-state index contributed by atoms with van der Waals surface area (Å²) in [7, 11) is 0. The van der Waals surface area contributed by atoms with Crippen LogP contribution in [0.5, 0.6) is 0 Å². The molecule has 0 heterocycles. The van der Waals surface area contributed by atoms with Crippen LogP contribution in [0.1, 0.15) is 81.0 Å². The molecule has 3 heteroatoms. The van der Waals surface area contributed by atoms with Gasteiger partial charge in [-0.1, -0.05) is 25.3 Å². The standard InChI is InChI=1S/C24H33FO2/c1-2-3-4-5-18-6-8-19(9-7-18)20-12-16-23(17-13-20)27-24(26)21-10-14-22(25)15-11-21/h2,10-11,14-15,18-20,23H,1,3-9,12-13,16-17H2/t18-,19-,20?,23?. The lowest BCUT2D eigenvalue weighted by molar-refractivity contribution is 0.0109. The zero-order valence-corrected chi connectivity index (χ0v) is 16.4. The highest BCUT2D eigenvalue weighted by molar-refractivity contribution is 5.89. The van der Waals surface area contributed by atoms with E-state index in [-0.39, 0.29) is 17.9 Å². The Labute approximate surface area is 163 Å². The Bertz CT molecular complexity index is 593. The van der Waals surface area contributed by atoms with Crippen molar-refractivity contribution in [2.75, 3.05) is 0 Å². The molecule has 0 aliphatic heterocycles. The lowest BCUT2D eigenvalue weighted by Crippen LogP contribution is -2.29. The minimum Gasteiger partial charge on any atom is -0.459 e. The summed E-state index contributed by atoms with van der Waals surface area (Å²) >= 11 is 0. The van der Waals surface area contributed by atoms with Crippen LogP contribution in [-0.2, 0) is 4.74 Å². The molecule has 0 saturated heterocycles. The first kappa shape index (κ1) is 20.1. The maximum atomic E-state index is 13.0. The third-order valence-corrected chi connectivity index (χ3v) is 6.65. The van der Waals surface area contributed by atoms with Gasteiger partial charge in [0.2, 0.25) is 0 Å². The van der Waals surface area contributed by atoms with Crippen molar-refractivity contribution in [3.8, 4) is 0 Å². The maximum absolute atomic E-state index is 13.0. The quantitative estimate of drug-likeness (QED) is 0.302. The molecule has 0 spiro atoms. The number of benzene rings is 1. The monoisotopic (exact) mass is 372 g/mol. The van der Waals surface area contributed by atoms with Gasteiger partial charge in [0.05, 0.1) is 5.56 Å². The molecule has 2 aliphatic carbocycles. The van der Waals surface area contributed by atoms with Crippen LogP contribution in [0.4, 0.5) is 4.39 Å². The summed E-state index contributed by atoms with van der Waals surface area (Å²) in [6.07, 6.45) is 15.7. The van der Waals surface area contributed by atoms with Crippen LogP contribution < -0.4 is 0 Å². The molecule has 0 amide bonds. The molecule has 27 heavy (non-hydrogen) atoms. The number of carbonyl (C=O) groups excluding carboxylic acids is 1. The van der Waals surface area contributed by atoms with Crippen molar-refractivity contribution in [2.45, 2.75) is 76.7 Å². The zero-order chi connectivity index (χ0) is 19.1. The summed E-state index contributed by atoms with van der Waals surface area (Å²) in [5.41, 5.74) is 0.438. The van der Waals surface area contributed by atoms with Gasteiger partial charge in [0.1, 0.15) is 11.9 Å². The molecule has 1 aromatic carbocycles. The molecule has 0 atom stereocenters. The molecule has 148 valence electrons. The number of halogens is 1. The number of hydrogen-bond donors (Lipinski definition) is 0. The molecule has 0 bridgehead atoms. The Balaban J connectivity index is 1.37. The molecule has 2 saturated carbocycles. The number of ether oxygens (including phenoxy) is 1. The van der Waals surface area contributed by atoms with Gasteiger partial charge in [-0.25, -0.2) is 9.18 Å². The van der Waals surface area contributed by atoms with Gasteiger partial charge >= 0.3 is 5.97 Å². The largest absolute Gasteiger partial charge is 0.459 e. The van der Waals surface area contributed by atoms with Crippen molar-refractivity contribution in [3.63, 3.8) is 0 Å². The highest BCUT2D eigenvalue weighted by atomic mass is 19.1. The zero-order valence-electron chi connectivity index (χ0n) is 16.4. The second-order valence-electron chi connectivity index (χ2n) is 8.45. The Hall–Kier alpha value is -1.64. The van der Waals surface area contributed by atoms with Crippen LogP contribution in [0.3, 0.4) is 0 Å². The third-order valence-electron chi connectivity index (χ3n) is 6.65. The van der Waals surface area contributed by atoms with Gasteiger partial charge in [-0.3, -0.25) is 0 Å². The normalized spacial score (nSPS) is 28.5. The Kier molecular flexibility index (Phi) is 7.49. The van der Waals surface area contributed by atoms with E-state index in [1.165, 1.54) is 75.6 Å². The van der Waals surface area contributed by atoms with Gasteiger partial charge in [0.25, 0.3) is 0 Å². The Morgan fingerprint density at radius 3 is 2.19 bits per heavy atom. The first-order chi connectivity index (χ1) is 13.2. The van der Waals surface area contributed by atoms with Crippen molar-refractivity contribution >= 4 is 5.97 Å².